The molecule has 0 radical (unpaired) electrons. The van der Waals surface area contributed by atoms with Crippen molar-refractivity contribution in [1.29, 1.82) is 0 Å². The van der Waals surface area contributed by atoms with Crippen LogP contribution in [0.5, 0.6) is 5.88 Å². The molecule has 3 nitrogen and oxygen atoms in total. The number of hydrogen-bond donors (Lipinski definition) is 0. The Morgan fingerprint density at radius 1 is 1.33 bits per heavy atom. The lowest BCUT2D eigenvalue weighted by molar-refractivity contribution is 0.398. The molecule has 0 unspecified atom stereocenters. The van der Waals surface area contributed by atoms with Crippen molar-refractivity contribution in [2.24, 2.45) is 0 Å². The third-order valence-electron chi connectivity index (χ3n) is 1.93. The molecule has 0 N–H and O–H groups in total. The predicted octanol–water partition coefficient (Wildman–Crippen LogP) is 2.81. The molecule has 2 heterocycles. The molecule has 76 valence electrons. The lowest BCUT2D eigenvalue weighted by Crippen LogP contribution is -1.90. The van der Waals surface area contributed by atoms with Crippen LogP contribution in [0.25, 0.3) is 11.3 Å². The Balaban J connectivity index is 2.49. The normalized spacial score (nSPS) is 10.0. The lowest BCUT2D eigenvalue weighted by atomic mass is 10.2. The minimum absolute atomic E-state index is 0.501. The van der Waals surface area contributed by atoms with Crippen LogP contribution in [0.4, 0.5) is 0 Å². The van der Waals surface area contributed by atoms with Crippen molar-refractivity contribution in [2.75, 3.05) is 7.11 Å². The highest BCUT2D eigenvalue weighted by Crippen LogP contribution is 2.23. The first-order valence-electron chi connectivity index (χ1n) is 4.41. The largest absolute Gasteiger partial charge is 0.481 e. The molecule has 0 saturated carbocycles. The van der Waals surface area contributed by atoms with Crippen LogP contribution in [0.1, 0.15) is 0 Å². The molecular weight excluding hydrogens is 212 g/mol. The van der Waals surface area contributed by atoms with Crippen LogP contribution in [-0.2, 0) is 0 Å². The van der Waals surface area contributed by atoms with Crippen LogP contribution in [-0.4, -0.2) is 17.1 Å². The van der Waals surface area contributed by atoms with E-state index in [9.17, 15) is 0 Å². The highest BCUT2D eigenvalue weighted by molar-refractivity contribution is 6.30. The van der Waals surface area contributed by atoms with Crippen LogP contribution in [0.2, 0.25) is 5.02 Å². The summed E-state index contributed by atoms with van der Waals surface area (Å²) in [6.45, 7) is 0. The second-order valence-corrected chi connectivity index (χ2v) is 3.39. The molecule has 2 aromatic heterocycles. The van der Waals surface area contributed by atoms with Gasteiger partial charge in [-0.3, -0.25) is 4.98 Å². The highest BCUT2D eigenvalue weighted by atomic mass is 35.5. The van der Waals surface area contributed by atoms with Gasteiger partial charge in [0, 0.05) is 29.0 Å². The summed E-state index contributed by atoms with van der Waals surface area (Å²) < 4.78 is 5.04. The summed E-state index contributed by atoms with van der Waals surface area (Å²) >= 11 is 5.94. The molecule has 0 aromatic carbocycles. The maximum absolute atomic E-state index is 5.94. The van der Waals surface area contributed by atoms with Crippen molar-refractivity contribution in [3.05, 3.63) is 41.7 Å². The van der Waals surface area contributed by atoms with E-state index in [4.69, 9.17) is 16.3 Å². The van der Waals surface area contributed by atoms with Crippen LogP contribution in [0.3, 0.4) is 0 Å². The maximum Gasteiger partial charge on any atom is 0.215 e. The lowest BCUT2D eigenvalue weighted by Gasteiger charge is -2.04. The Morgan fingerprint density at radius 2 is 2.20 bits per heavy atom. The summed E-state index contributed by atoms with van der Waals surface area (Å²) in [5, 5.41) is 0.598. The zero-order chi connectivity index (χ0) is 10.7. The molecule has 0 fully saturated rings. The van der Waals surface area contributed by atoms with E-state index in [1.54, 1.807) is 31.6 Å². The van der Waals surface area contributed by atoms with Gasteiger partial charge in [-0.2, -0.15) is 0 Å². The van der Waals surface area contributed by atoms with Gasteiger partial charge < -0.3 is 4.74 Å². The maximum atomic E-state index is 5.94. The molecule has 0 saturated heterocycles. The first-order chi connectivity index (χ1) is 7.29. The van der Waals surface area contributed by atoms with E-state index in [1.165, 1.54) is 0 Å². The molecule has 15 heavy (non-hydrogen) atoms. The van der Waals surface area contributed by atoms with Crippen molar-refractivity contribution in [1.82, 2.24) is 9.97 Å². The molecule has 2 rings (SSSR count). The Morgan fingerprint density at radius 3 is 2.87 bits per heavy atom. The average Bonchev–Trinajstić information content (AvgIpc) is 2.29. The first kappa shape index (κ1) is 9.93. The second kappa shape index (κ2) is 4.28. The smallest absolute Gasteiger partial charge is 0.215 e. The molecule has 0 bridgehead atoms. The average molecular weight is 221 g/mol. The van der Waals surface area contributed by atoms with Gasteiger partial charge in [-0.1, -0.05) is 11.6 Å². The first-order valence-corrected chi connectivity index (χ1v) is 4.79. The molecular formula is C11H9ClN2O. The van der Waals surface area contributed by atoms with Crippen molar-refractivity contribution >= 4 is 11.6 Å². The molecule has 0 aliphatic carbocycles. The minimum atomic E-state index is 0.501. The van der Waals surface area contributed by atoms with Gasteiger partial charge in [-0.15, -0.1) is 0 Å². The monoisotopic (exact) mass is 220 g/mol. The number of halogens is 1. The SMILES string of the molecule is COc1cc(Cl)cc(-c2cccnc2)n1. The number of ether oxygens (including phenoxy) is 1. The van der Waals surface area contributed by atoms with E-state index in [0.29, 0.717) is 10.9 Å². The fourth-order valence-electron chi connectivity index (χ4n) is 1.24. The van der Waals surface area contributed by atoms with Crippen LogP contribution < -0.4 is 4.74 Å². The van der Waals surface area contributed by atoms with Crippen molar-refractivity contribution in [3.8, 4) is 17.1 Å². The summed E-state index contributed by atoms with van der Waals surface area (Å²) in [5.74, 6) is 0.501. The van der Waals surface area contributed by atoms with Crippen LogP contribution >= 0.6 is 11.6 Å². The topological polar surface area (TPSA) is 35.0 Å². The molecule has 0 aliphatic rings. The minimum Gasteiger partial charge on any atom is -0.481 e. The van der Waals surface area contributed by atoms with Crippen LogP contribution in [0.15, 0.2) is 36.7 Å². The third kappa shape index (κ3) is 2.25. The Labute approximate surface area is 92.7 Å². The zero-order valence-corrected chi connectivity index (χ0v) is 8.90. The fraction of sp³-hybridized carbons (Fsp3) is 0.0909. The second-order valence-electron chi connectivity index (χ2n) is 2.95. The number of nitrogens with zero attached hydrogens (tertiary/aromatic N) is 2. The van der Waals surface area contributed by atoms with Crippen molar-refractivity contribution < 1.29 is 4.74 Å². The van der Waals surface area contributed by atoms with Gasteiger partial charge in [-0.25, -0.2) is 4.98 Å². The quantitative estimate of drug-likeness (QED) is 0.781. The number of rotatable bonds is 2. The van der Waals surface area contributed by atoms with E-state index in [-0.39, 0.29) is 0 Å². The molecule has 4 heteroatoms. The summed E-state index contributed by atoms with van der Waals surface area (Å²) in [4.78, 5) is 8.30. The number of pyridine rings is 2. The Hall–Kier alpha value is -1.61. The van der Waals surface area contributed by atoms with Crippen molar-refractivity contribution in [2.45, 2.75) is 0 Å². The third-order valence-corrected chi connectivity index (χ3v) is 2.15. The van der Waals surface area contributed by atoms with Gasteiger partial charge in [0.05, 0.1) is 12.8 Å². The van der Waals surface area contributed by atoms with Crippen molar-refractivity contribution in [3.63, 3.8) is 0 Å². The van der Waals surface area contributed by atoms with E-state index in [1.807, 2.05) is 12.1 Å². The highest BCUT2D eigenvalue weighted by Gasteiger charge is 2.03. The summed E-state index contributed by atoms with van der Waals surface area (Å²) in [6.07, 6.45) is 3.45. The molecule has 0 spiro atoms. The van der Waals surface area contributed by atoms with E-state index in [2.05, 4.69) is 9.97 Å². The number of hydrogen-bond acceptors (Lipinski definition) is 3. The molecule has 0 aliphatic heterocycles. The van der Waals surface area contributed by atoms with Gasteiger partial charge in [0.15, 0.2) is 0 Å². The molecule has 0 amide bonds. The summed E-state index contributed by atoms with van der Waals surface area (Å²) in [6, 6.07) is 7.22. The fourth-order valence-corrected chi connectivity index (χ4v) is 1.44. The summed E-state index contributed by atoms with van der Waals surface area (Å²) in [7, 11) is 1.56. The molecule has 0 atom stereocenters. The zero-order valence-electron chi connectivity index (χ0n) is 8.14. The van der Waals surface area contributed by atoms with Gasteiger partial charge in [-0.05, 0) is 18.2 Å². The Bertz CT molecular complexity index is 459. The van der Waals surface area contributed by atoms with Gasteiger partial charge in [0.2, 0.25) is 5.88 Å². The van der Waals surface area contributed by atoms with Gasteiger partial charge in [0.1, 0.15) is 0 Å². The molecule has 2 aromatic rings. The van der Waals surface area contributed by atoms with E-state index < -0.39 is 0 Å². The summed E-state index contributed by atoms with van der Waals surface area (Å²) in [5.41, 5.74) is 1.67. The Kier molecular flexibility index (Phi) is 2.83. The van der Waals surface area contributed by atoms with Gasteiger partial charge in [0.25, 0.3) is 0 Å². The predicted molar refractivity (Wildman–Crippen MR) is 59.0 cm³/mol. The van der Waals surface area contributed by atoms with Gasteiger partial charge >= 0.3 is 0 Å². The van der Waals surface area contributed by atoms with E-state index in [0.717, 1.165) is 11.3 Å². The standard InChI is InChI=1S/C11H9ClN2O/c1-15-11-6-9(12)5-10(14-11)8-3-2-4-13-7-8/h2-7H,1H3. The number of methoxy groups -OCH3 is 1. The number of aromatic nitrogens is 2. The van der Waals surface area contributed by atoms with E-state index >= 15 is 0 Å². The van der Waals surface area contributed by atoms with Crippen LogP contribution in [0, 0.1) is 0 Å².